The molecule has 2 heterocycles. The van der Waals surface area contributed by atoms with Crippen LogP contribution in [-0.4, -0.2) is 35.4 Å². The van der Waals surface area contributed by atoms with Gasteiger partial charge in [-0.1, -0.05) is 0 Å². The first-order valence-corrected chi connectivity index (χ1v) is 5.13. The molecular formula is C10H15N3O2. The third-order valence-corrected chi connectivity index (χ3v) is 2.68. The quantitative estimate of drug-likeness (QED) is 0.716. The second-order valence-electron chi connectivity index (χ2n) is 3.76. The molecule has 0 saturated carbocycles. The third-order valence-electron chi connectivity index (χ3n) is 2.68. The van der Waals surface area contributed by atoms with E-state index < -0.39 is 0 Å². The average molecular weight is 209 g/mol. The van der Waals surface area contributed by atoms with Gasteiger partial charge in [-0.05, 0) is 13.0 Å². The first-order valence-electron chi connectivity index (χ1n) is 5.13. The number of nitrogens with one attached hydrogen (secondary N) is 1. The molecule has 1 N–H and O–H groups in total. The second kappa shape index (κ2) is 4.02. The molecule has 0 unspecified atom stereocenters. The molecule has 82 valence electrons. The molecule has 0 bridgehead atoms. The first kappa shape index (κ1) is 10.2. The highest BCUT2D eigenvalue weighted by molar-refractivity contribution is 5.70. The topological polar surface area (TPSA) is 56.2 Å². The van der Waals surface area contributed by atoms with Gasteiger partial charge < -0.3 is 10.1 Å². The molecule has 15 heavy (non-hydrogen) atoms. The summed E-state index contributed by atoms with van der Waals surface area (Å²) in [5.41, 5.74) is -0.213. The summed E-state index contributed by atoms with van der Waals surface area (Å²) in [6.45, 7) is 3.79. The molecule has 1 saturated heterocycles. The Balaban J connectivity index is 2.06. The van der Waals surface area contributed by atoms with Crippen molar-refractivity contribution in [2.24, 2.45) is 0 Å². The number of hydrogen-bond acceptors (Lipinski definition) is 4. The standard InChI is InChI=1S/C10H15N3O2/c1-2-15-9(14)6-10(7-11-8-10)13-5-3-4-12-13/h3-5,11H,2,6-8H2,1H3. The Kier molecular flexibility index (Phi) is 2.73. The van der Waals surface area contributed by atoms with Crippen LogP contribution in [0, 0.1) is 0 Å². The van der Waals surface area contributed by atoms with Crippen LogP contribution in [0.1, 0.15) is 13.3 Å². The minimum Gasteiger partial charge on any atom is -0.466 e. The van der Waals surface area contributed by atoms with Gasteiger partial charge in [0, 0.05) is 25.5 Å². The lowest BCUT2D eigenvalue weighted by Crippen LogP contribution is -2.61. The third kappa shape index (κ3) is 1.87. The minimum atomic E-state index is -0.213. The molecule has 5 heteroatoms. The van der Waals surface area contributed by atoms with Crippen LogP contribution in [-0.2, 0) is 15.1 Å². The largest absolute Gasteiger partial charge is 0.466 e. The van der Waals surface area contributed by atoms with E-state index in [2.05, 4.69) is 10.4 Å². The summed E-state index contributed by atoms with van der Waals surface area (Å²) in [5, 5.41) is 7.36. The van der Waals surface area contributed by atoms with Crippen molar-refractivity contribution in [2.75, 3.05) is 19.7 Å². The van der Waals surface area contributed by atoms with Gasteiger partial charge in [0.05, 0.1) is 18.6 Å². The highest BCUT2D eigenvalue weighted by atomic mass is 16.5. The number of carbonyl (C=O) groups excluding carboxylic acids is 1. The molecule has 0 radical (unpaired) electrons. The summed E-state index contributed by atoms with van der Waals surface area (Å²) < 4.78 is 6.81. The SMILES string of the molecule is CCOC(=O)CC1(n2cccn2)CNC1. The second-order valence-corrected chi connectivity index (χ2v) is 3.76. The summed E-state index contributed by atoms with van der Waals surface area (Å²) in [4.78, 5) is 11.5. The summed E-state index contributed by atoms with van der Waals surface area (Å²) in [5.74, 6) is -0.158. The van der Waals surface area contributed by atoms with Gasteiger partial charge in [0.1, 0.15) is 0 Å². The summed E-state index contributed by atoms with van der Waals surface area (Å²) in [6.07, 6.45) is 4.00. The maximum Gasteiger partial charge on any atom is 0.308 e. The zero-order valence-corrected chi connectivity index (χ0v) is 8.77. The van der Waals surface area contributed by atoms with E-state index in [1.165, 1.54) is 0 Å². The molecule has 0 amide bonds. The number of ether oxygens (including phenoxy) is 1. The first-order chi connectivity index (χ1) is 7.27. The van der Waals surface area contributed by atoms with Crippen molar-refractivity contribution in [1.82, 2.24) is 15.1 Å². The minimum absolute atomic E-state index is 0.158. The van der Waals surface area contributed by atoms with Crippen LogP contribution in [0.5, 0.6) is 0 Å². The Morgan fingerprint density at radius 2 is 2.47 bits per heavy atom. The highest BCUT2D eigenvalue weighted by Gasteiger charge is 2.41. The zero-order valence-electron chi connectivity index (χ0n) is 8.77. The van der Waals surface area contributed by atoms with Gasteiger partial charge in [-0.2, -0.15) is 5.10 Å². The van der Waals surface area contributed by atoms with Crippen LogP contribution >= 0.6 is 0 Å². The van der Waals surface area contributed by atoms with E-state index in [1.54, 1.807) is 6.20 Å². The van der Waals surface area contributed by atoms with E-state index in [-0.39, 0.29) is 11.5 Å². The van der Waals surface area contributed by atoms with Crippen LogP contribution in [0.4, 0.5) is 0 Å². The van der Waals surface area contributed by atoms with Crippen LogP contribution < -0.4 is 5.32 Å². The average Bonchev–Trinajstić information content (AvgIpc) is 2.64. The smallest absolute Gasteiger partial charge is 0.308 e. The van der Waals surface area contributed by atoms with Gasteiger partial charge in [-0.15, -0.1) is 0 Å². The number of rotatable bonds is 4. The van der Waals surface area contributed by atoms with Crippen molar-refractivity contribution in [3.05, 3.63) is 18.5 Å². The van der Waals surface area contributed by atoms with Crippen LogP contribution in [0.15, 0.2) is 18.5 Å². The maximum absolute atomic E-state index is 11.5. The van der Waals surface area contributed by atoms with Gasteiger partial charge in [0.2, 0.25) is 0 Å². The van der Waals surface area contributed by atoms with Crippen molar-refractivity contribution < 1.29 is 9.53 Å². The van der Waals surface area contributed by atoms with Crippen molar-refractivity contribution in [2.45, 2.75) is 18.9 Å². The molecular weight excluding hydrogens is 194 g/mol. The molecule has 1 aliphatic rings. The fraction of sp³-hybridized carbons (Fsp3) is 0.600. The van der Waals surface area contributed by atoms with Gasteiger partial charge >= 0.3 is 5.97 Å². The predicted octanol–water partition coefficient (Wildman–Crippen LogP) is 0.135. The number of nitrogens with zero attached hydrogens (tertiary/aromatic N) is 2. The monoisotopic (exact) mass is 209 g/mol. The van der Waals surface area contributed by atoms with Crippen molar-refractivity contribution in [1.29, 1.82) is 0 Å². The fourth-order valence-electron chi connectivity index (χ4n) is 1.81. The highest BCUT2D eigenvalue weighted by Crippen LogP contribution is 2.25. The lowest BCUT2D eigenvalue weighted by atomic mass is 9.89. The van der Waals surface area contributed by atoms with E-state index in [0.29, 0.717) is 13.0 Å². The lowest BCUT2D eigenvalue weighted by Gasteiger charge is -2.42. The molecule has 1 fully saturated rings. The van der Waals surface area contributed by atoms with Crippen LogP contribution in [0.25, 0.3) is 0 Å². The van der Waals surface area contributed by atoms with Gasteiger partial charge in [-0.3, -0.25) is 9.48 Å². The van der Waals surface area contributed by atoms with Gasteiger partial charge in [-0.25, -0.2) is 0 Å². The van der Waals surface area contributed by atoms with Gasteiger partial charge in [0.25, 0.3) is 0 Å². The maximum atomic E-state index is 11.5. The van der Waals surface area contributed by atoms with Crippen LogP contribution in [0.3, 0.4) is 0 Å². The predicted molar refractivity (Wildman–Crippen MR) is 54.3 cm³/mol. The molecule has 0 aromatic carbocycles. The van der Waals surface area contributed by atoms with E-state index in [9.17, 15) is 4.79 Å². The molecule has 0 atom stereocenters. The normalized spacial score (nSPS) is 18.2. The summed E-state index contributed by atoms with van der Waals surface area (Å²) in [7, 11) is 0. The van der Waals surface area contributed by atoms with Crippen molar-refractivity contribution in [3.63, 3.8) is 0 Å². The van der Waals surface area contributed by atoms with E-state index in [0.717, 1.165) is 13.1 Å². The van der Waals surface area contributed by atoms with E-state index in [1.807, 2.05) is 23.9 Å². The molecule has 0 spiro atoms. The van der Waals surface area contributed by atoms with E-state index in [4.69, 9.17) is 4.74 Å². The molecule has 2 rings (SSSR count). The Hall–Kier alpha value is -1.36. The molecule has 1 aromatic rings. The molecule has 5 nitrogen and oxygen atoms in total. The number of hydrogen-bond donors (Lipinski definition) is 1. The van der Waals surface area contributed by atoms with Crippen molar-refractivity contribution >= 4 is 5.97 Å². The molecule has 1 aromatic heterocycles. The fourth-order valence-corrected chi connectivity index (χ4v) is 1.81. The molecule has 0 aliphatic carbocycles. The van der Waals surface area contributed by atoms with E-state index >= 15 is 0 Å². The zero-order chi connectivity index (χ0) is 10.7. The summed E-state index contributed by atoms with van der Waals surface area (Å²) >= 11 is 0. The lowest BCUT2D eigenvalue weighted by molar-refractivity contribution is -0.146. The number of esters is 1. The number of carbonyl (C=O) groups is 1. The van der Waals surface area contributed by atoms with Gasteiger partial charge in [0.15, 0.2) is 0 Å². The van der Waals surface area contributed by atoms with Crippen LogP contribution in [0.2, 0.25) is 0 Å². The Morgan fingerprint density at radius 1 is 1.67 bits per heavy atom. The Morgan fingerprint density at radius 3 is 2.93 bits per heavy atom. The Labute approximate surface area is 88.4 Å². The number of aromatic nitrogens is 2. The summed E-state index contributed by atoms with van der Waals surface area (Å²) in [6, 6.07) is 1.87. The molecule has 1 aliphatic heterocycles. The van der Waals surface area contributed by atoms with Crippen molar-refractivity contribution in [3.8, 4) is 0 Å². The Bertz CT molecular complexity index is 330.